The minimum absolute atomic E-state index is 0.0632. The number of carboxylic acid groups (broad SMARTS) is 1. The van der Waals surface area contributed by atoms with Gasteiger partial charge in [0, 0.05) is 15.7 Å². The zero-order chi connectivity index (χ0) is 16.0. The molecule has 1 amide bonds. The SMILES string of the molecule is CC(O)C1C(=O)N2C(C(=O)O)=C(Sc3ccccc3)C(C)C12. The summed E-state index contributed by atoms with van der Waals surface area (Å²) in [5.41, 5.74) is 0.0632. The van der Waals surface area contributed by atoms with E-state index in [4.69, 9.17) is 0 Å². The highest BCUT2D eigenvalue weighted by Crippen LogP contribution is 2.51. The standard InChI is InChI=1S/C16H17NO4S/c1-8-12-11(9(2)18)15(19)17(12)13(16(20)21)14(8)22-10-6-4-3-5-7-10/h3-9,11-12,18H,1-2H3,(H,20,21). The molecule has 5 nitrogen and oxygen atoms in total. The van der Waals surface area contributed by atoms with Crippen LogP contribution in [0.2, 0.25) is 0 Å². The van der Waals surface area contributed by atoms with Crippen molar-refractivity contribution in [1.29, 1.82) is 0 Å². The number of aliphatic hydroxyl groups excluding tert-OH is 1. The van der Waals surface area contributed by atoms with Gasteiger partial charge in [0.1, 0.15) is 5.70 Å². The van der Waals surface area contributed by atoms with Crippen molar-refractivity contribution in [2.45, 2.75) is 30.9 Å². The summed E-state index contributed by atoms with van der Waals surface area (Å²) in [4.78, 5) is 26.8. The first kappa shape index (κ1) is 15.1. The van der Waals surface area contributed by atoms with Crippen LogP contribution in [0, 0.1) is 11.8 Å². The van der Waals surface area contributed by atoms with E-state index >= 15 is 0 Å². The number of benzene rings is 1. The number of nitrogens with zero attached hydrogens (tertiary/aromatic N) is 1. The fourth-order valence-electron chi connectivity index (χ4n) is 3.27. The fraction of sp³-hybridized carbons (Fsp3) is 0.375. The highest BCUT2D eigenvalue weighted by Gasteiger charge is 2.60. The summed E-state index contributed by atoms with van der Waals surface area (Å²) in [6.07, 6.45) is -0.771. The fourth-order valence-corrected chi connectivity index (χ4v) is 4.43. The van der Waals surface area contributed by atoms with Gasteiger partial charge in [0.15, 0.2) is 0 Å². The van der Waals surface area contributed by atoms with Crippen LogP contribution >= 0.6 is 11.8 Å². The number of β-lactam (4-membered cyclic amide) rings is 1. The predicted molar refractivity (Wildman–Crippen MR) is 81.9 cm³/mol. The second-order valence-corrected chi connectivity index (χ2v) is 6.80. The van der Waals surface area contributed by atoms with Gasteiger partial charge in [-0.1, -0.05) is 36.9 Å². The van der Waals surface area contributed by atoms with Crippen LogP contribution < -0.4 is 0 Å². The third-order valence-corrected chi connectivity index (χ3v) is 5.58. The lowest BCUT2D eigenvalue weighted by Gasteiger charge is -2.46. The number of amides is 1. The minimum atomic E-state index is -1.09. The number of carbonyl (C=O) groups excluding carboxylic acids is 1. The molecular formula is C16H17NO4S. The van der Waals surface area contributed by atoms with E-state index in [0.717, 1.165) is 4.90 Å². The summed E-state index contributed by atoms with van der Waals surface area (Å²) in [7, 11) is 0. The van der Waals surface area contributed by atoms with Crippen molar-refractivity contribution in [2.24, 2.45) is 11.8 Å². The van der Waals surface area contributed by atoms with Crippen LogP contribution in [0.3, 0.4) is 0 Å². The first-order valence-corrected chi connectivity index (χ1v) is 7.96. The Balaban J connectivity index is 1.97. The van der Waals surface area contributed by atoms with Gasteiger partial charge >= 0.3 is 5.97 Å². The van der Waals surface area contributed by atoms with E-state index in [0.29, 0.717) is 4.91 Å². The highest BCUT2D eigenvalue weighted by molar-refractivity contribution is 8.03. The minimum Gasteiger partial charge on any atom is -0.477 e. The Hall–Kier alpha value is -1.79. The maximum Gasteiger partial charge on any atom is 0.353 e. The summed E-state index contributed by atoms with van der Waals surface area (Å²) >= 11 is 1.38. The summed E-state index contributed by atoms with van der Waals surface area (Å²) in [6, 6.07) is 9.24. The molecule has 4 unspecified atom stereocenters. The third-order valence-electron chi connectivity index (χ3n) is 4.28. The van der Waals surface area contributed by atoms with E-state index < -0.39 is 18.0 Å². The van der Waals surface area contributed by atoms with Gasteiger partial charge in [-0.15, -0.1) is 0 Å². The number of aliphatic hydroxyl groups is 1. The quantitative estimate of drug-likeness (QED) is 0.829. The van der Waals surface area contributed by atoms with Gasteiger partial charge in [-0.2, -0.15) is 0 Å². The molecule has 2 N–H and O–H groups in total. The van der Waals surface area contributed by atoms with E-state index in [2.05, 4.69) is 0 Å². The summed E-state index contributed by atoms with van der Waals surface area (Å²) < 4.78 is 0. The van der Waals surface area contributed by atoms with Crippen LogP contribution in [-0.4, -0.2) is 39.1 Å². The largest absolute Gasteiger partial charge is 0.477 e. The summed E-state index contributed by atoms with van der Waals surface area (Å²) in [5, 5.41) is 19.3. The number of hydrogen-bond acceptors (Lipinski definition) is 4. The second kappa shape index (κ2) is 5.44. The van der Waals surface area contributed by atoms with E-state index in [-0.39, 0.29) is 23.6 Å². The number of fused-ring (bicyclic) bond motifs is 1. The van der Waals surface area contributed by atoms with Crippen molar-refractivity contribution in [1.82, 2.24) is 4.90 Å². The molecule has 0 radical (unpaired) electrons. The molecule has 1 aromatic rings. The van der Waals surface area contributed by atoms with Crippen LogP contribution in [0.4, 0.5) is 0 Å². The van der Waals surface area contributed by atoms with Crippen molar-refractivity contribution in [3.63, 3.8) is 0 Å². The highest BCUT2D eigenvalue weighted by atomic mass is 32.2. The van der Waals surface area contributed by atoms with Crippen LogP contribution in [-0.2, 0) is 9.59 Å². The van der Waals surface area contributed by atoms with Crippen molar-refractivity contribution in [2.75, 3.05) is 0 Å². The normalized spacial score (nSPS) is 28.4. The molecule has 1 saturated heterocycles. The molecule has 1 aromatic carbocycles. The number of rotatable bonds is 4. The Kier molecular flexibility index (Phi) is 3.74. The molecule has 4 atom stereocenters. The molecule has 6 heteroatoms. The van der Waals surface area contributed by atoms with Crippen LogP contribution in [0.5, 0.6) is 0 Å². The Morgan fingerprint density at radius 2 is 1.95 bits per heavy atom. The predicted octanol–water partition coefficient (Wildman–Crippen LogP) is 1.93. The van der Waals surface area contributed by atoms with Gasteiger partial charge in [-0.05, 0) is 19.1 Å². The van der Waals surface area contributed by atoms with Gasteiger partial charge in [0.2, 0.25) is 5.91 Å². The smallest absolute Gasteiger partial charge is 0.353 e. The third kappa shape index (κ3) is 2.14. The molecule has 2 aliphatic rings. The number of carboxylic acids is 1. The Bertz CT molecular complexity index is 655. The number of carbonyl (C=O) groups is 2. The van der Waals surface area contributed by atoms with Crippen LogP contribution in [0.1, 0.15) is 13.8 Å². The molecule has 2 aliphatic heterocycles. The lowest BCUT2D eigenvalue weighted by Crippen LogP contribution is -2.63. The molecule has 22 heavy (non-hydrogen) atoms. The van der Waals surface area contributed by atoms with Gasteiger partial charge < -0.3 is 15.1 Å². The summed E-state index contributed by atoms with van der Waals surface area (Å²) in [6.45, 7) is 3.50. The van der Waals surface area contributed by atoms with Crippen molar-refractivity contribution < 1.29 is 19.8 Å². The number of aliphatic carboxylic acids is 1. The average molecular weight is 319 g/mol. The molecule has 0 bridgehead atoms. The molecular weight excluding hydrogens is 302 g/mol. The van der Waals surface area contributed by atoms with Crippen molar-refractivity contribution >= 4 is 23.6 Å². The molecule has 0 aliphatic carbocycles. The zero-order valence-electron chi connectivity index (χ0n) is 12.3. The van der Waals surface area contributed by atoms with Gasteiger partial charge in [0.05, 0.1) is 18.1 Å². The van der Waals surface area contributed by atoms with Crippen LogP contribution in [0.15, 0.2) is 45.8 Å². The molecule has 0 aromatic heterocycles. The lowest BCUT2D eigenvalue weighted by molar-refractivity contribution is -0.163. The molecule has 2 heterocycles. The average Bonchev–Trinajstić information content (AvgIpc) is 2.70. The van der Waals surface area contributed by atoms with Gasteiger partial charge in [0.25, 0.3) is 0 Å². The van der Waals surface area contributed by atoms with Crippen molar-refractivity contribution in [3.05, 3.63) is 40.9 Å². The van der Waals surface area contributed by atoms with E-state index in [1.54, 1.807) is 6.92 Å². The Labute approximate surface area is 132 Å². The monoisotopic (exact) mass is 319 g/mol. The first-order chi connectivity index (χ1) is 10.4. The maximum absolute atomic E-state index is 12.2. The van der Waals surface area contributed by atoms with Crippen molar-refractivity contribution in [3.8, 4) is 0 Å². The second-order valence-electron chi connectivity index (χ2n) is 5.69. The Morgan fingerprint density at radius 3 is 2.50 bits per heavy atom. The van der Waals surface area contributed by atoms with E-state index in [1.807, 2.05) is 37.3 Å². The topological polar surface area (TPSA) is 77.8 Å². The van der Waals surface area contributed by atoms with Gasteiger partial charge in [-0.25, -0.2) is 4.79 Å². The number of hydrogen-bond donors (Lipinski definition) is 2. The molecule has 3 rings (SSSR count). The maximum atomic E-state index is 12.2. The molecule has 0 spiro atoms. The van der Waals surface area contributed by atoms with Gasteiger partial charge in [-0.3, -0.25) is 4.79 Å². The zero-order valence-corrected chi connectivity index (χ0v) is 13.1. The lowest BCUT2D eigenvalue weighted by atomic mass is 9.79. The summed E-state index contributed by atoms with van der Waals surface area (Å²) in [5.74, 6) is -2.01. The molecule has 1 fully saturated rings. The Morgan fingerprint density at radius 1 is 1.32 bits per heavy atom. The first-order valence-electron chi connectivity index (χ1n) is 7.15. The van der Waals surface area contributed by atoms with E-state index in [9.17, 15) is 19.8 Å². The van der Waals surface area contributed by atoms with E-state index in [1.165, 1.54) is 16.7 Å². The molecule has 116 valence electrons. The van der Waals surface area contributed by atoms with Crippen LogP contribution in [0.25, 0.3) is 0 Å². The number of thioether (sulfide) groups is 1. The molecule has 0 saturated carbocycles.